The largest absolute Gasteiger partial charge is 0.299 e. The predicted molar refractivity (Wildman–Crippen MR) is 85.2 cm³/mol. The summed E-state index contributed by atoms with van der Waals surface area (Å²) in [6.07, 6.45) is 5.94. The van der Waals surface area contributed by atoms with Gasteiger partial charge < -0.3 is 0 Å². The van der Waals surface area contributed by atoms with Gasteiger partial charge in [0.05, 0.1) is 0 Å². The maximum absolute atomic E-state index is 13.0. The molecular formula is C20H26O. The number of aryl methyl sites for hydroxylation is 1. The number of Topliss-reactive ketones (excluding diaryl/α,β-unsaturated/α-hetero) is 1. The molecule has 21 heavy (non-hydrogen) atoms. The summed E-state index contributed by atoms with van der Waals surface area (Å²) in [5, 5.41) is 0. The SMILES string of the molecule is CC1CCC(C(=O)C2C3CCc4ccccc4C32)CC1C. The van der Waals surface area contributed by atoms with E-state index in [0.717, 1.165) is 24.7 Å². The summed E-state index contributed by atoms with van der Waals surface area (Å²) in [4.78, 5) is 13.0. The van der Waals surface area contributed by atoms with Gasteiger partial charge in [-0.1, -0.05) is 38.1 Å². The topological polar surface area (TPSA) is 17.1 Å². The van der Waals surface area contributed by atoms with Crippen LogP contribution < -0.4 is 0 Å². The molecule has 4 rings (SSSR count). The lowest BCUT2D eigenvalue weighted by Crippen LogP contribution is -2.27. The van der Waals surface area contributed by atoms with Crippen LogP contribution in [-0.4, -0.2) is 5.78 Å². The van der Waals surface area contributed by atoms with Crippen LogP contribution in [0.4, 0.5) is 0 Å². The second-order valence-electron chi connectivity index (χ2n) is 7.82. The van der Waals surface area contributed by atoms with Crippen molar-refractivity contribution in [2.24, 2.45) is 29.6 Å². The van der Waals surface area contributed by atoms with E-state index in [4.69, 9.17) is 0 Å². The lowest BCUT2D eigenvalue weighted by Gasteiger charge is -2.31. The van der Waals surface area contributed by atoms with Gasteiger partial charge in [-0.25, -0.2) is 0 Å². The maximum Gasteiger partial charge on any atom is 0.139 e. The summed E-state index contributed by atoms with van der Waals surface area (Å²) < 4.78 is 0. The molecule has 0 spiro atoms. The van der Waals surface area contributed by atoms with Gasteiger partial charge in [0.1, 0.15) is 5.78 Å². The summed E-state index contributed by atoms with van der Waals surface area (Å²) in [7, 11) is 0. The first-order valence-electron chi connectivity index (χ1n) is 8.78. The van der Waals surface area contributed by atoms with Crippen LogP contribution in [0.25, 0.3) is 0 Å². The fourth-order valence-corrected chi connectivity index (χ4v) is 5.03. The number of hydrogen-bond acceptors (Lipinski definition) is 1. The first-order chi connectivity index (χ1) is 10.2. The number of hydrogen-bond donors (Lipinski definition) is 0. The molecule has 6 atom stereocenters. The second-order valence-corrected chi connectivity index (χ2v) is 7.82. The number of benzene rings is 1. The average molecular weight is 282 g/mol. The summed E-state index contributed by atoms with van der Waals surface area (Å²) >= 11 is 0. The number of rotatable bonds is 2. The third-order valence-corrected chi connectivity index (χ3v) is 6.66. The Morgan fingerprint density at radius 1 is 1.05 bits per heavy atom. The van der Waals surface area contributed by atoms with E-state index >= 15 is 0 Å². The van der Waals surface area contributed by atoms with Crippen molar-refractivity contribution in [2.45, 2.75) is 51.9 Å². The van der Waals surface area contributed by atoms with E-state index in [2.05, 4.69) is 38.1 Å². The van der Waals surface area contributed by atoms with Crippen molar-refractivity contribution in [1.29, 1.82) is 0 Å². The van der Waals surface area contributed by atoms with E-state index in [0.29, 0.717) is 29.5 Å². The fraction of sp³-hybridized carbons (Fsp3) is 0.650. The number of carbonyl (C=O) groups excluding carboxylic acids is 1. The molecule has 6 unspecified atom stereocenters. The van der Waals surface area contributed by atoms with Gasteiger partial charge in [-0.15, -0.1) is 0 Å². The Bertz CT molecular complexity index is 561. The molecule has 1 aromatic rings. The molecule has 0 saturated heterocycles. The van der Waals surface area contributed by atoms with Crippen LogP contribution in [0.5, 0.6) is 0 Å². The van der Waals surface area contributed by atoms with E-state index in [1.54, 1.807) is 0 Å². The highest BCUT2D eigenvalue weighted by Crippen LogP contribution is 2.61. The van der Waals surface area contributed by atoms with E-state index < -0.39 is 0 Å². The molecule has 0 amide bonds. The zero-order chi connectivity index (χ0) is 14.6. The molecule has 2 saturated carbocycles. The maximum atomic E-state index is 13.0. The molecule has 1 heteroatoms. The highest BCUT2D eigenvalue weighted by atomic mass is 16.1. The Morgan fingerprint density at radius 2 is 1.86 bits per heavy atom. The quantitative estimate of drug-likeness (QED) is 0.774. The third-order valence-electron chi connectivity index (χ3n) is 6.66. The molecule has 1 aromatic carbocycles. The van der Waals surface area contributed by atoms with Gasteiger partial charge in [0.15, 0.2) is 0 Å². The number of carbonyl (C=O) groups is 1. The summed E-state index contributed by atoms with van der Waals surface area (Å²) in [5.41, 5.74) is 2.99. The number of ketones is 1. The van der Waals surface area contributed by atoms with Gasteiger partial charge in [0, 0.05) is 11.8 Å². The predicted octanol–water partition coefficient (Wildman–Crippen LogP) is 4.60. The summed E-state index contributed by atoms with van der Waals surface area (Å²) in [5.74, 6) is 4.09. The van der Waals surface area contributed by atoms with Gasteiger partial charge >= 0.3 is 0 Å². The minimum absolute atomic E-state index is 0.360. The molecule has 1 nitrogen and oxygen atoms in total. The zero-order valence-electron chi connectivity index (χ0n) is 13.2. The number of fused-ring (bicyclic) bond motifs is 3. The summed E-state index contributed by atoms with van der Waals surface area (Å²) in [6.45, 7) is 4.68. The smallest absolute Gasteiger partial charge is 0.139 e. The van der Waals surface area contributed by atoms with Gasteiger partial charge in [-0.2, -0.15) is 0 Å². The molecule has 0 bridgehead atoms. The van der Waals surface area contributed by atoms with Gasteiger partial charge in [0.2, 0.25) is 0 Å². The van der Waals surface area contributed by atoms with Crippen molar-refractivity contribution in [1.82, 2.24) is 0 Å². The highest BCUT2D eigenvalue weighted by Gasteiger charge is 2.57. The van der Waals surface area contributed by atoms with Gasteiger partial charge in [0.25, 0.3) is 0 Å². The van der Waals surface area contributed by atoms with Crippen LogP contribution in [-0.2, 0) is 11.2 Å². The first kappa shape index (κ1) is 13.5. The Balaban J connectivity index is 1.51. The summed E-state index contributed by atoms with van der Waals surface area (Å²) in [6, 6.07) is 8.81. The van der Waals surface area contributed by atoms with Crippen molar-refractivity contribution >= 4 is 5.78 Å². The molecule has 2 fully saturated rings. The van der Waals surface area contributed by atoms with Crippen molar-refractivity contribution in [3.8, 4) is 0 Å². The van der Waals surface area contributed by atoms with E-state index in [1.165, 1.54) is 30.4 Å². The van der Waals surface area contributed by atoms with Crippen LogP contribution in [0.15, 0.2) is 24.3 Å². The lowest BCUT2D eigenvalue weighted by molar-refractivity contribution is -0.126. The van der Waals surface area contributed by atoms with Crippen LogP contribution in [0.2, 0.25) is 0 Å². The monoisotopic (exact) mass is 282 g/mol. The average Bonchev–Trinajstić information content (AvgIpc) is 3.24. The fourth-order valence-electron chi connectivity index (χ4n) is 5.03. The van der Waals surface area contributed by atoms with Crippen LogP contribution in [0.1, 0.15) is 56.6 Å². The minimum Gasteiger partial charge on any atom is -0.299 e. The van der Waals surface area contributed by atoms with Crippen LogP contribution >= 0.6 is 0 Å². The van der Waals surface area contributed by atoms with Crippen molar-refractivity contribution in [3.63, 3.8) is 0 Å². The molecule has 0 aliphatic heterocycles. The molecule has 0 aromatic heterocycles. The van der Waals surface area contributed by atoms with Crippen molar-refractivity contribution in [2.75, 3.05) is 0 Å². The molecule has 0 radical (unpaired) electrons. The molecule has 3 aliphatic carbocycles. The van der Waals surface area contributed by atoms with Gasteiger partial charge in [-0.3, -0.25) is 4.79 Å². The first-order valence-corrected chi connectivity index (χ1v) is 8.78. The van der Waals surface area contributed by atoms with Gasteiger partial charge in [-0.05, 0) is 66.9 Å². The van der Waals surface area contributed by atoms with Crippen molar-refractivity contribution < 1.29 is 4.79 Å². The van der Waals surface area contributed by atoms with E-state index in [-0.39, 0.29) is 0 Å². The molecular weight excluding hydrogens is 256 g/mol. The van der Waals surface area contributed by atoms with E-state index in [9.17, 15) is 4.79 Å². The Labute approximate surface area is 128 Å². The second kappa shape index (κ2) is 4.97. The van der Waals surface area contributed by atoms with E-state index in [1.807, 2.05) is 0 Å². The minimum atomic E-state index is 0.360. The standard InChI is InChI=1S/C20H26O/c1-12-7-8-15(11-13(12)2)20(21)19-17-10-9-14-5-3-4-6-16(14)18(17)19/h3-6,12-13,15,17-19H,7-11H2,1-2H3. The lowest BCUT2D eigenvalue weighted by atomic mass is 9.73. The molecule has 0 N–H and O–H groups in total. The normalized spacial score (nSPS) is 41.0. The van der Waals surface area contributed by atoms with Crippen LogP contribution in [0, 0.1) is 29.6 Å². The third kappa shape index (κ3) is 2.17. The Kier molecular flexibility index (Phi) is 3.20. The molecule has 0 heterocycles. The Morgan fingerprint density at radius 3 is 2.67 bits per heavy atom. The zero-order valence-corrected chi connectivity index (χ0v) is 13.2. The van der Waals surface area contributed by atoms with Crippen molar-refractivity contribution in [3.05, 3.63) is 35.4 Å². The molecule has 112 valence electrons. The highest BCUT2D eigenvalue weighted by molar-refractivity contribution is 5.88. The molecule has 3 aliphatic rings. The van der Waals surface area contributed by atoms with Crippen LogP contribution in [0.3, 0.4) is 0 Å². The Hall–Kier alpha value is -1.11.